The summed E-state index contributed by atoms with van der Waals surface area (Å²) in [4.78, 5) is 12.3. The van der Waals surface area contributed by atoms with Crippen LogP contribution in [0.3, 0.4) is 0 Å². The van der Waals surface area contributed by atoms with Crippen LogP contribution >= 0.6 is 0 Å². The zero-order chi connectivity index (χ0) is 17.8. The average Bonchev–Trinajstić information content (AvgIpc) is 3.21. The number of amides is 1. The van der Waals surface area contributed by atoms with Gasteiger partial charge in [0.1, 0.15) is 0 Å². The molecule has 25 heavy (non-hydrogen) atoms. The van der Waals surface area contributed by atoms with Gasteiger partial charge in [0, 0.05) is 30.8 Å². The van der Waals surface area contributed by atoms with E-state index in [1.165, 1.54) is 0 Å². The van der Waals surface area contributed by atoms with E-state index in [9.17, 15) is 4.79 Å². The summed E-state index contributed by atoms with van der Waals surface area (Å²) in [5.74, 6) is 0.723. The Bertz CT molecular complexity index is 708. The van der Waals surface area contributed by atoms with Crippen LogP contribution in [0.2, 0.25) is 0 Å². The molecule has 1 fully saturated rings. The highest BCUT2D eigenvalue weighted by molar-refractivity contribution is 5.76. The van der Waals surface area contributed by atoms with Crippen LogP contribution in [0.25, 0.3) is 5.69 Å². The van der Waals surface area contributed by atoms with Crippen molar-refractivity contribution in [3.8, 4) is 5.69 Å². The fourth-order valence-electron chi connectivity index (χ4n) is 3.58. The lowest BCUT2D eigenvalue weighted by molar-refractivity contribution is -0.122. The maximum Gasteiger partial charge on any atom is 0.220 e. The number of nitrogens with zero attached hydrogens (tertiary/aromatic N) is 2. The van der Waals surface area contributed by atoms with Gasteiger partial charge in [0.2, 0.25) is 5.91 Å². The van der Waals surface area contributed by atoms with E-state index in [2.05, 4.69) is 19.2 Å². The number of hydrogen-bond acceptors (Lipinski definition) is 3. The molecule has 1 aliphatic rings. The first-order valence-electron chi connectivity index (χ1n) is 9.20. The van der Waals surface area contributed by atoms with Gasteiger partial charge in [0.25, 0.3) is 0 Å². The van der Waals surface area contributed by atoms with Gasteiger partial charge in [-0.15, -0.1) is 0 Å². The highest BCUT2D eigenvalue weighted by Gasteiger charge is 2.26. The van der Waals surface area contributed by atoms with Crippen molar-refractivity contribution in [1.29, 1.82) is 0 Å². The molecule has 3 N–H and O–H groups in total. The van der Waals surface area contributed by atoms with Gasteiger partial charge < -0.3 is 11.1 Å². The molecule has 0 bridgehead atoms. The molecule has 0 radical (unpaired) electrons. The van der Waals surface area contributed by atoms with Crippen molar-refractivity contribution in [3.63, 3.8) is 0 Å². The molecule has 0 aliphatic heterocycles. The Hall–Kier alpha value is -2.14. The first-order chi connectivity index (χ1) is 12.0. The molecule has 1 aromatic heterocycles. The van der Waals surface area contributed by atoms with Gasteiger partial charge in [-0.3, -0.25) is 4.79 Å². The number of carbonyl (C=O) groups excluding carboxylic acids is 1. The second kappa shape index (κ2) is 7.83. The Morgan fingerprint density at radius 2 is 2.08 bits per heavy atom. The van der Waals surface area contributed by atoms with E-state index in [4.69, 9.17) is 10.8 Å². The molecule has 2 aromatic rings. The van der Waals surface area contributed by atoms with Crippen molar-refractivity contribution in [2.24, 2.45) is 11.7 Å². The molecular weight excluding hydrogens is 312 g/mol. The molecular formula is C20H28N4O. The quantitative estimate of drug-likeness (QED) is 0.848. The monoisotopic (exact) mass is 340 g/mol. The molecule has 3 rings (SSSR count). The maximum atomic E-state index is 12.3. The molecule has 0 saturated heterocycles. The number of aromatic nitrogens is 2. The van der Waals surface area contributed by atoms with Gasteiger partial charge in [0.15, 0.2) is 0 Å². The molecule has 2 atom stereocenters. The Morgan fingerprint density at radius 1 is 1.32 bits per heavy atom. The van der Waals surface area contributed by atoms with Crippen LogP contribution in [0.5, 0.6) is 0 Å². The lowest BCUT2D eigenvalue weighted by Gasteiger charge is -2.14. The van der Waals surface area contributed by atoms with E-state index >= 15 is 0 Å². The largest absolute Gasteiger partial charge is 0.352 e. The van der Waals surface area contributed by atoms with Crippen molar-refractivity contribution in [1.82, 2.24) is 15.1 Å². The van der Waals surface area contributed by atoms with Gasteiger partial charge in [-0.25, -0.2) is 4.68 Å². The molecule has 0 spiro atoms. The SMILES string of the molecule is CC(C)c1nn(-c2ccccc2)cc1CNC(=O)C[C@@H]1CCC[C@H]1N. The first-order valence-corrected chi connectivity index (χ1v) is 9.20. The van der Waals surface area contributed by atoms with E-state index in [1.54, 1.807) is 0 Å². The minimum Gasteiger partial charge on any atom is -0.352 e. The van der Waals surface area contributed by atoms with Crippen molar-refractivity contribution in [2.45, 2.75) is 58.0 Å². The number of para-hydroxylation sites is 1. The lowest BCUT2D eigenvalue weighted by Crippen LogP contribution is -2.31. The van der Waals surface area contributed by atoms with Crippen molar-refractivity contribution >= 4 is 5.91 Å². The van der Waals surface area contributed by atoms with Crippen molar-refractivity contribution in [3.05, 3.63) is 47.8 Å². The van der Waals surface area contributed by atoms with Crippen LogP contribution < -0.4 is 11.1 Å². The maximum absolute atomic E-state index is 12.3. The summed E-state index contributed by atoms with van der Waals surface area (Å²) in [5, 5.41) is 7.78. The van der Waals surface area contributed by atoms with Crippen LogP contribution in [0.4, 0.5) is 0 Å². The first kappa shape index (κ1) is 17.7. The topological polar surface area (TPSA) is 72.9 Å². The standard InChI is InChI=1S/C20H28N4O/c1-14(2)20-16(13-24(23-20)17-8-4-3-5-9-17)12-22-19(25)11-15-7-6-10-18(15)21/h3-5,8-9,13-15,18H,6-7,10-12,21H2,1-2H3,(H,22,25)/t15-,18+/m0/s1. The number of nitrogens with one attached hydrogen (secondary N) is 1. The molecule has 1 heterocycles. The molecule has 134 valence electrons. The zero-order valence-electron chi connectivity index (χ0n) is 15.1. The number of nitrogens with two attached hydrogens (primary N) is 1. The van der Waals surface area contributed by atoms with Gasteiger partial charge >= 0.3 is 0 Å². The zero-order valence-corrected chi connectivity index (χ0v) is 15.1. The molecule has 5 heteroatoms. The van der Waals surface area contributed by atoms with Gasteiger partial charge in [-0.2, -0.15) is 5.10 Å². The third-order valence-electron chi connectivity index (χ3n) is 5.03. The van der Waals surface area contributed by atoms with Crippen LogP contribution in [0.15, 0.2) is 36.5 Å². The van der Waals surface area contributed by atoms with Crippen molar-refractivity contribution in [2.75, 3.05) is 0 Å². The third kappa shape index (κ3) is 4.28. The lowest BCUT2D eigenvalue weighted by atomic mass is 10.00. The highest BCUT2D eigenvalue weighted by atomic mass is 16.1. The summed E-state index contributed by atoms with van der Waals surface area (Å²) in [6, 6.07) is 10.2. The van der Waals surface area contributed by atoms with E-state index < -0.39 is 0 Å². The number of carbonyl (C=O) groups is 1. The van der Waals surface area contributed by atoms with E-state index in [1.807, 2.05) is 41.2 Å². The van der Waals surface area contributed by atoms with E-state index in [-0.39, 0.29) is 11.9 Å². The minimum absolute atomic E-state index is 0.0875. The summed E-state index contributed by atoms with van der Waals surface area (Å²) in [6.45, 7) is 4.77. The predicted octanol–water partition coefficient (Wildman–Crippen LogP) is 3.13. The number of benzene rings is 1. The summed E-state index contributed by atoms with van der Waals surface area (Å²) in [5.41, 5.74) is 9.20. The molecule has 1 amide bonds. The highest BCUT2D eigenvalue weighted by Crippen LogP contribution is 2.26. The minimum atomic E-state index is 0.0875. The summed E-state index contributed by atoms with van der Waals surface area (Å²) in [6.07, 6.45) is 5.80. The molecule has 1 aromatic carbocycles. The normalized spacial score (nSPS) is 20.2. The number of rotatable bonds is 6. The summed E-state index contributed by atoms with van der Waals surface area (Å²) in [7, 11) is 0. The summed E-state index contributed by atoms with van der Waals surface area (Å²) >= 11 is 0. The van der Waals surface area contributed by atoms with Gasteiger partial charge in [0.05, 0.1) is 11.4 Å². The van der Waals surface area contributed by atoms with Crippen molar-refractivity contribution < 1.29 is 4.79 Å². The second-order valence-corrected chi connectivity index (χ2v) is 7.31. The van der Waals surface area contributed by atoms with Crippen LogP contribution in [0.1, 0.15) is 56.7 Å². The predicted molar refractivity (Wildman–Crippen MR) is 99.4 cm³/mol. The third-order valence-corrected chi connectivity index (χ3v) is 5.03. The Labute approximate surface area is 149 Å². The van der Waals surface area contributed by atoms with Gasteiger partial charge in [-0.1, -0.05) is 38.5 Å². The molecule has 1 aliphatic carbocycles. The van der Waals surface area contributed by atoms with Gasteiger partial charge in [-0.05, 0) is 36.8 Å². The smallest absolute Gasteiger partial charge is 0.220 e. The fraction of sp³-hybridized carbons (Fsp3) is 0.500. The Kier molecular flexibility index (Phi) is 5.53. The Morgan fingerprint density at radius 3 is 2.72 bits per heavy atom. The average molecular weight is 340 g/mol. The number of hydrogen-bond donors (Lipinski definition) is 2. The summed E-state index contributed by atoms with van der Waals surface area (Å²) < 4.78 is 1.89. The second-order valence-electron chi connectivity index (χ2n) is 7.31. The van der Waals surface area contributed by atoms with E-state index in [0.29, 0.717) is 24.8 Å². The molecule has 0 unspecified atom stereocenters. The fourth-order valence-corrected chi connectivity index (χ4v) is 3.58. The van der Waals surface area contributed by atoms with Crippen LogP contribution in [-0.2, 0) is 11.3 Å². The Balaban J connectivity index is 1.67. The van der Waals surface area contributed by atoms with Crippen LogP contribution in [-0.4, -0.2) is 21.7 Å². The van der Waals surface area contributed by atoms with E-state index in [0.717, 1.165) is 36.2 Å². The molecule has 5 nitrogen and oxygen atoms in total. The molecule has 1 saturated carbocycles. The van der Waals surface area contributed by atoms with Crippen LogP contribution in [0, 0.1) is 5.92 Å².